The third-order valence-electron chi connectivity index (χ3n) is 5.04. The summed E-state index contributed by atoms with van der Waals surface area (Å²) in [6.45, 7) is 5.90. The zero-order valence-electron chi connectivity index (χ0n) is 15.2. The highest BCUT2D eigenvalue weighted by atomic mass is 35.5. The van der Waals surface area contributed by atoms with Gasteiger partial charge in [0.05, 0.1) is 5.02 Å². The number of Topliss-reactive ketones (excluding diaryl/α,β-unsaturated/α-hetero) is 2. The SMILES string of the molecule is CCc1ccc(-c2ccc(Cl)c(F)c2)cc1C1C(=O)CC(C)(C)CC1=O. The van der Waals surface area contributed by atoms with Crippen LogP contribution in [0.4, 0.5) is 4.39 Å². The van der Waals surface area contributed by atoms with Crippen LogP contribution in [-0.2, 0) is 16.0 Å². The topological polar surface area (TPSA) is 34.1 Å². The van der Waals surface area contributed by atoms with E-state index in [9.17, 15) is 14.0 Å². The molecule has 0 spiro atoms. The molecule has 0 saturated heterocycles. The molecule has 0 heterocycles. The van der Waals surface area contributed by atoms with Crippen molar-refractivity contribution in [1.29, 1.82) is 0 Å². The summed E-state index contributed by atoms with van der Waals surface area (Å²) in [4.78, 5) is 25.5. The summed E-state index contributed by atoms with van der Waals surface area (Å²) in [6, 6.07) is 10.3. The fourth-order valence-electron chi connectivity index (χ4n) is 3.78. The Labute approximate surface area is 158 Å². The van der Waals surface area contributed by atoms with Gasteiger partial charge in [0.15, 0.2) is 0 Å². The largest absolute Gasteiger partial charge is 0.299 e. The van der Waals surface area contributed by atoms with Gasteiger partial charge in [-0.2, -0.15) is 0 Å². The zero-order valence-corrected chi connectivity index (χ0v) is 16.0. The monoisotopic (exact) mass is 372 g/mol. The van der Waals surface area contributed by atoms with Gasteiger partial charge >= 0.3 is 0 Å². The molecule has 1 aliphatic carbocycles. The molecule has 0 radical (unpaired) electrons. The van der Waals surface area contributed by atoms with Crippen LogP contribution in [0.2, 0.25) is 5.02 Å². The van der Waals surface area contributed by atoms with Gasteiger partial charge in [0.25, 0.3) is 0 Å². The fourth-order valence-corrected chi connectivity index (χ4v) is 3.89. The quantitative estimate of drug-likeness (QED) is 0.643. The number of carbonyl (C=O) groups is 2. The Morgan fingerprint density at radius 3 is 2.19 bits per heavy atom. The van der Waals surface area contributed by atoms with Crippen molar-refractivity contribution in [3.63, 3.8) is 0 Å². The molecule has 136 valence electrons. The van der Waals surface area contributed by atoms with Crippen LogP contribution in [0.1, 0.15) is 50.7 Å². The Balaban J connectivity index is 2.07. The standard InChI is InChI=1S/C22H22ClFO2/c1-4-13-5-6-14(15-7-8-17(23)18(24)10-15)9-16(13)21-19(25)11-22(2,3)12-20(21)26/h5-10,21H,4,11-12H2,1-3H3. The molecule has 1 fully saturated rings. The molecule has 0 aromatic heterocycles. The molecule has 0 atom stereocenters. The molecule has 2 aromatic rings. The van der Waals surface area contributed by atoms with E-state index in [-0.39, 0.29) is 22.0 Å². The molecular formula is C22H22ClFO2. The summed E-state index contributed by atoms with van der Waals surface area (Å²) in [5, 5.41) is 0.0685. The molecule has 2 aromatic carbocycles. The minimum atomic E-state index is -0.713. The molecule has 0 bridgehead atoms. The van der Waals surface area contributed by atoms with Gasteiger partial charge in [-0.15, -0.1) is 0 Å². The van der Waals surface area contributed by atoms with Crippen LogP contribution >= 0.6 is 11.6 Å². The van der Waals surface area contributed by atoms with Gasteiger partial charge in [-0.05, 0) is 52.3 Å². The lowest BCUT2D eigenvalue weighted by Gasteiger charge is -2.33. The van der Waals surface area contributed by atoms with Crippen LogP contribution in [0.3, 0.4) is 0 Å². The van der Waals surface area contributed by atoms with Gasteiger partial charge in [-0.25, -0.2) is 4.39 Å². The van der Waals surface area contributed by atoms with E-state index in [4.69, 9.17) is 11.6 Å². The van der Waals surface area contributed by atoms with Crippen molar-refractivity contribution in [3.8, 4) is 11.1 Å². The molecular weight excluding hydrogens is 351 g/mol. The number of ketones is 2. The van der Waals surface area contributed by atoms with E-state index in [0.29, 0.717) is 18.4 Å². The van der Waals surface area contributed by atoms with E-state index >= 15 is 0 Å². The van der Waals surface area contributed by atoms with Crippen molar-refractivity contribution in [1.82, 2.24) is 0 Å². The Hall–Kier alpha value is -2.00. The number of halogens is 2. The minimum absolute atomic E-state index is 0.0274. The van der Waals surface area contributed by atoms with Crippen LogP contribution in [0.25, 0.3) is 11.1 Å². The van der Waals surface area contributed by atoms with Crippen molar-refractivity contribution in [2.45, 2.75) is 46.0 Å². The molecule has 3 rings (SSSR count). The van der Waals surface area contributed by atoms with Gasteiger partial charge in [0.1, 0.15) is 23.3 Å². The maximum Gasteiger partial charge on any atom is 0.148 e. The van der Waals surface area contributed by atoms with Crippen molar-refractivity contribution in [3.05, 3.63) is 58.4 Å². The first kappa shape index (κ1) is 18.8. The predicted molar refractivity (Wildman–Crippen MR) is 102 cm³/mol. The number of carbonyl (C=O) groups excluding carboxylic acids is 2. The van der Waals surface area contributed by atoms with E-state index < -0.39 is 11.7 Å². The molecule has 1 saturated carbocycles. The Kier molecular flexibility index (Phi) is 5.03. The smallest absolute Gasteiger partial charge is 0.148 e. The van der Waals surface area contributed by atoms with E-state index in [0.717, 1.165) is 23.1 Å². The summed E-state index contributed by atoms with van der Waals surface area (Å²) in [5.41, 5.74) is 2.90. The van der Waals surface area contributed by atoms with Gasteiger partial charge < -0.3 is 0 Å². The Bertz CT molecular complexity index is 866. The first-order chi connectivity index (χ1) is 12.2. The number of aryl methyl sites for hydroxylation is 1. The molecule has 0 amide bonds. The molecule has 4 heteroatoms. The maximum atomic E-state index is 13.8. The van der Waals surface area contributed by atoms with Crippen LogP contribution in [0.5, 0.6) is 0 Å². The van der Waals surface area contributed by atoms with E-state index in [2.05, 4.69) is 0 Å². The Morgan fingerprint density at radius 1 is 1.04 bits per heavy atom. The van der Waals surface area contributed by atoms with Gasteiger partial charge in [-0.3, -0.25) is 9.59 Å². The molecule has 26 heavy (non-hydrogen) atoms. The van der Waals surface area contributed by atoms with E-state index in [1.807, 2.05) is 39.0 Å². The first-order valence-corrected chi connectivity index (χ1v) is 9.23. The normalized spacial score (nSPS) is 17.6. The third-order valence-corrected chi connectivity index (χ3v) is 5.35. The average Bonchev–Trinajstić information content (AvgIpc) is 2.55. The van der Waals surface area contributed by atoms with Crippen molar-refractivity contribution < 1.29 is 14.0 Å². The molecule has 2 nitrogen and oxygen atoms in total. The van der Waals surface area contributed by atoms with Crippen molar-refractivity contribution in [2.75, 3.05) is 0 Å². The van der Waals surface area contributed by atoms with E-state index in [1.165, 1.54) is 12.1 Å². The molecule has 1 aliphatic rings. The third kappa shape index (κ3) is 3.59. The molecule has 0 unspecified atom stereocenters. The summed E-state index contributed by atoms with van der Waals surface area (Å²) >= 11 is 5.77. The van der Waals surface area contributed by atoms with Gasteiger partial charge in [-0.1, -0.05) is 50.6 Å². The second-order valence-corrected chi connectivity index (χ2v) is 8.19. The number of hydrogen-bond acceptors (Lipinski definition) is 2. The van der Waals surface area contributed by atoms with Crippen LogP contribution < -0.4 is 0 Å². The molecule has 0 aliphatic heterocycles. The second kappa shape index (κ2) is 6.96. The summed E-state index contributed by atoms with van der Waals surface area (Å²) in [6.07, 6.45) is 1.52. The summed E-state index contributed by atoms with van der Waals surface area (Å²) in [7, 11) is 0. The second-order valence-electron chi connectivity index (χ2n) is 7.78. The highest BCUT2D eigenvalue weighted by Crippen LogP contribution is 2.40. The van der Waals surface area contributed by atoms with Crippen molar-refractivity contribution in [2.24, 2.45) is 5.41 Å². The van der Waals surface area contributed by atoms with Crippen LogP contribution in [0.15, 0.2) is 36.4 Å². The van der Waals surface area contributed by atoms with E-state index in [1.54, 1.807) is 6.07 Å². The zero-order chi connectivity index (χ0) is 19.1. The van der Waals surface area contributed by atoms with Gasteiger partial charge in [0, 0.05) is 12.8 Å². The van der Waals surface area contributed by atoms with Crippen LogP contribution in [-0.4, -0.2) is 11.6 Å². The minimum Gasteiger partial charge on any atom is -0.299 e. The number of hydrogen-bond donors (Lipinski definition) is 0. The van der Waals surface area contributed by atoms with Crippen molar-refractivity contribution >= 4 is 23.2 Å². The lowest BCUT2D eigenvalue weighted by Crippen LogP contribution is -2.36. The highest BCUT2D eigenvalue weighted by molar-refractivity contribution is 6.30. The van der Waals surface area contributed by atoms with Gasteiger partial charge in [0.2, 0.25) is 0 Å². The average molecular weight is 373 g/mol. The number of rotatable bonds is 3. The van der Waals surface area contributed by atoms with Crippen LogP contribution in [0, 0.1) is 11.2 Å². The number of benzene rings is 2. The summed E-state index contributed by atoms with van der Waals surface area (Å²) in [5.74, 6) is -1.26. The lowest BCUT2D eigenvalue weighted by molar-refractivity contribution is -0.135. The molecule has 0 N–H and O–H groups in total. The highest BCUT2D eigenvalue weighted by Gasteiger charge is 2.41. The predicted octanol–water partition coefficient (Wildman–Crippen LogP) is 5.75. The lowest BCUT2D eigenvalue weighted by atomic mass is 9.69. The Morgan fingerprint density at radius 2 is 1.62 bits per heavy atom. The fraction of sp³-hybridized carbons (Fsp3) is 0.364. The maximum absolute atomic E-state index is 13.8. The summed E-state index contributed by atoms with van der Waals surface area (Å²) < 4.78 is 13.8. The first-order valence-electron chi connectivity index (χ1n) is 8.85.